The first-order chi connectivity index (χ1) is 7.30. The lowest BCUT2D eigenvalue weighted by atomic mass is 10.4. The van der Waals surface area contributed by atoms with Crippen LogP contribution in [0.25, 0.3) is 0 Å². The fraction of sp³-hybridized carbons (Fsp3) is 0.889. The summed E-state index contributed by atoms with van der Waals surface area (Å²) in [4.78, 5) is 12.3. The molecule has 0 radical (unpaired) electrons. The SMILES string of the molecule is O=C(O)N1CCNCCNCCNCC1. The van der Waals surface area contributed by atoms with Gasteiger partial charge in [-0.05, 0) is 0 Å². The van der Waals surface area contributed by atoms with Crippen molar-refractivity contribution in [3.8, 4) is 0 Å². The van der Waals surface area contributed by atoms with Crippen LogP contribution in [0.3, 0.4) is 0 Å². The molecule has 0 aromatic rings. The van der Waals surface area contributed by atoms with E-state index in [0.29, 0.717) is 26.2 Å². The summed E-state index contributed by atoms with van der Waals surface area (Å²) in [6, 6.07) is 0. The van der Waals surface area contributed by atoms with Gasteiger partial charge in [-0.25, -0.2) is 4.79 Å². The second-order valence-electron chi connectivity index (χ2n) is 3.52. The van der Waals surface area contributed by atoms with Crippen molar-refractivity contribution < 1.29 is 9.90 Å². The second-order valence-corrected chi connectivity index (χ2v) is 3.52. The van der Waals surface area contributed by atoms with Crippen LogP contribution >= 0.6 is 0 Å². The lowest BCUT2D eigenvalue weighted by Gasteiger charge is -2.20. The molecule has 6 nitrogen and oxygen atoms in total. The van der Waals surface area contributed by atoms with Crippen molar-refractivity contribution in [2.45, 2.75) is 0 Å². The Bertz CT molecular complexity index is 177. The van der Waals surface area contributed by atoms with E-state index in [-0.39, 0.29) is 0 Å². The lowest BCUT2D eigenvalue weighted by Crippen LogP contribution is -2.43. The molecule has 1 aliphatic heterocycles. The Morgan fingerprint density at radius 2 is 1.27 bits per heavy atom. The number of carboxylic acid groups (broad SMARTS) is 1. The van der Waals surface area contributed by atoms with Gasteiger partial charge < -0.3 is 26.0 Å². The first kappa shape index (κ1) is 12.2. The Hall–Kier alpha value is -0.850. The van der Waals surface area contributed by atoms with Crippen molar-refractivity contribution in [2.75, 3.05) is 52.4 Å². The number of hydrogen-bond acceptors (Lipinski definition) is 4. The zero-order valence-corrected chi connectivity index (χ0v) is 8.96. The van der Waals surface area contributed by atoms with Crippen LogP contribution < -0.4 is 16.0 Å². The predicted octanol–water partition coefficient (Wildman–Crippen LogP) is -1.25. The van der Waals surface area contributed by atoms with E-state index in [4.69, 9.17) is 5.11 Å². The molecule has 88 valence electrons. The third-order valence-electron chi connectivity index (χ3n) is 2.34. The molecule has 1 aliphatic rings. The fourth-order valence-electron chi connectivity index (χ4n) is 1.46. The van der Waals surface area contributed by atoms with Crippen LogP contribution in [0.15, 0.2) is 0 Å². The van der Waals surface area contributed by atoms with Gasteiger partial charge >= 0.3 is 6.09 Å². The number of nitrogens with zero attached hydrogens (tertiary/aromatic N) is 1. The van der Waals surface area contributed by atoms with E-state index in [1.165, 1.54) is 4.90 Å². The first-order valence-corrected chi connectivity index (χ1v) is 5.41. The summed E-state index contributed by atoms with van der Waals surface area (Å²) >= 11 is 0. The minimum atomic E-state index is -0.839. The summed E-state index contributed by atoms with van der Waals surface area (Å²) in [5, 5.41) is 18.6. The van der Waals surface area contributed by atoms with Gasteiger partial charge in [0, 0.05) is 52.4 Å². The van der Waals surface area contributed by atoms with Crippen LogP contribution in [0.5, 0.6) is 0 Å². The fourth-order valence-corrected chi connectivity index (χ4v) is 1.46. The maximum absolute atomic E-state index is 10.8. The summed E-state index contributed by atoms with van der Waals surface area (Å²) in [7, 11) is 0. The van der Waals surface area contributed by atoms with Crippen LogP contribution in [-0.4, -0.2) is 68.5 Å². The Morgan fingerprint density at radius 1 is 0.867 bits per heavy atom. The van der Waals surface area contributed by atoms with Gasteiger partial charge in [0.2, 0.25) is 0 Å². The average molecular weight is 216 g/mol. The van der Waals surface area contributed by atoms with Gasteiger partial charge in [-0.1, -0.05) is 0 Å². The molecule has 0 saturated carbocycles. The van der Waals surface area contributed by atoms with Crippen LogP contribution in [0.2, 0.25) is 0 Å². The molecular formula is C9H20N4O2. The maximum atomic E-state index is 10.8. The highest BCUT2D eigenvalue weighted by Crippen LogP contribution is 1.87. The smallest absolute Gasteiger partial charge is 0.407 e. The summed E-state index contributed by atoms with van der Waals surface area (Å²) in [6.07, 6.45) is -0.839. The van der Waals surface area contributed by atoms with Crippen LogP contribution in [-0.2, 0) is 0 Å². The number of hydrogen-bond donors (Lipinski definition) is 4. The van der Waals surface area contributed by atoms with Crippen LogP contribution in [0.4, 0.5) is 4.79 Å². The van der Waals surface area contributed by atoms with Gasteiger partial charge in [0.25, 0.3) is 0 Å². The molecule has 0 spiro atoms. The lowest BCUT2D eigenvalue weighted by molar-refractivity contribution is 0.145. The van der Waals surface area contributed by atoms with Gasteiger partial charge in [-0.2, -0.15) is 0 Å². The Morgan fingerprint density at radius 3 is 1.67 bits per heavy atom. The highest BCUT2D eigenvalue weighted by Gasteiger charge is 2.10. The van der Waals surface area contributed by atoms with Crippen LogP contribution in [0, 0.1) is 0 Å². The normalized spacial score (nSPS) is 21.5. The van der Waals surface area contributed by atoms with Crippen molar-refractivity contribution >= 4 is 6.09 Å². The molecule has 1 fully saturated rings. The summed E-state index contributed by atoms with van der Waals surface area (Å²) in [5.41, 5.74) is 0. The van der Waals surface area contributed by atoms with E-state index in [2.05, 4.69) is 16.0 Å². The molecule has 0 unspecified atom stereocenters. The molecule has 4 N–H and O–H groups in total. The van der Waals surface area contributed by atoms with E-state index in [0.717, 1.165) is 26.2 Å². The highest BCUT2D eigenvalue weighted by molar-refractivity contribution is 5.64. The molecule has 15 heavy (non-hydrogen) atoms. The van der Waals surface area contributed by atoms with E-state index >= 15 is 0 Å². The van der Waals surface area contributed by atoms with Gasteiger partial charge in [0.15, 0.2) is 0 Å². The second kappa shape index (κ2) is 7.44. The standard InChI is InChI=1S/C9H20N4O2/c14-9(15)13-7-5-11-3-1-10-2-4-12-6-8-13/h10-12H,1-8H2,(H,14,15). The molecule has 1 amide bonds. The van der Waals surface area contributed by atoms with Crippen molar-refractivity contribution in [3.05, 3.63) is 0 Å². The molecule has 0 aliphatic carbocycles. The monoisotopic (exact) mass is 216 g/mol. The maximum Gasteiger partial charge on any atom is 0.407 e. The minimum absolute atomic E-state index is 0.553. The third kappa shape index (κ3) is 5.56. The average Bonchev–Trinajstić information content (AvgIpc) is 2.18. The van der Waals surface area contributed by atoms with Crippen molar-refractivity contribution in [3.63, 3.8) is 0 Å². The van der Waals surface area contributed by atoms with Crippen molar-refractivity contribution in [1.29, 1.82) is 0 Å². The highest BCUT2D eigenvalue weighted by atomic mass is 16.4. The molecule has 6 heteroatoms. The Balaban J connectivity index is 2.28. The minimum Gasteiger partial charge on any atom is -0.465 e. The molecular weight excluding hydrogens is 196 g/mol. The largest absolute Gasteiger partial charge is 0.465 e. The van der Waals surface area contributed by atoms with E-state index in [1.807, 2.05) is 0 Å². The number of nitrogens with one attached hydrogen (secondary N) is 3. The molecule has 0 bridgehead atoms. The molecule has 1 saturated heterocycles. The van der Waals surface area contributed by atoms with Crippen molar-refractivity contribution in [1.82, 2.24) is 20.9 Å². The van der Waals surface area contributed by atoms with E-state index in [1.54, 1.807) is 0 Å². The van der Waals surface area contributed by atoms with Gasteiger partial charge in [-0.15, -0.1) is 0 Å². The molecule has 0 aromatic carbocycles. The number of amides is 1. The van der Waals surface area contributed by atoms with Gasteiger partial charge in [0.05, 0.1) is 0 Å². The predicted molar refractivity (Wildman–Crippen MR) is 58.2 cm³/mol. The van der Waals surface area contributed by atoms with Gasteiger partial charge in [-0.3, -0.25) is 0 Å². The molecule has 1 rings (SSSR count). The molecule has 0 atom stereocenters. The Labute approximate surface area is 90.0 Å². The number of carbonyl (C=O) groups is 1. The quantitative estimate of drug-likeness (QED) is 0.407. The van der Waals surface area contributed by atoms with Crippen LogP contribution in [0.1, 0.15) is 0 Å². The summed E-state index contributed by atoms with van der Waals surface area (Å²) < 4.78 is 0. The van der Waals surface area contributed by atoms with E-state index in [9.17, 15) is 4.79 Å². The summed E-state index contributed by atoms with van der Waals surface area (Å²) in [5.74, 6) is 0. The summed E-state index contributed by atoms with van der Waals surface area (Å²) in [6.45, 7) is 6.15. The molecule has 0 aromatic heterocycles. The van der Waals surface area contributed by atoms with Gasteiger partial charge in [0.1, 0.15) is 0 Å². The van der Waals surface area contributed by atoms with Crippen molar-refractivity contribution in [2.24, 2.45) is 0 Å². The molecule has 1 heterocycles. The number of rotatable bonds is 0. The Kier molecular flexibility index (Phi) is 6.06. The third-order valence-corrected chi connectivity index (χ3v) is 2.34. The zero-order valence-electron chi connectivity index (χ0n) is 8.96. The first-order valence-electron chi connectivity index (χ1n) is 5.41. The van der Waals surface area contributed by atoms with E-state index < -0.39 is 6.09 Å². The zero-order chi connectivity index (χ0) is 10.9. The topological polar surface area (TPSA) is 76.6 Å².